The Morgan fingerprint density at radius 2 is 1.45 bits per heavy atom. The number of ether oxygens (including phenoxy) is 2. The number of hydrogen-bond donors (Lipinski definition) is 1. The molecule has 3 nitrogen and oxygen atoms in total. The monoisotopic (exact) mass is 299 g/mol. The largest absolute Gasteiger partial charge is 0.497 e. The molecule has 0 aliphatic rings. The van der Waals surface area contributed by atoms with Gasteiger partial charge in [0.2, 0.25) is 0 Å². The molecule has 2 N–H and O–H groups in total. The first-order chi connectivity index (χ1) is 10.4. The van der Waals surface area contributed by atoms with Crippen molar-refractivity contribution in [3.63, 3.8) is 0 Å². The average molecular weight is 299 g/mol. The van der Waals surface area contributed by atoms with Crippen LogP contribution in [0.4, 0.5) is 0 Å². The Kier molecular flexibility index (Phi) is 5.09. The van der Waals surface area contributed by atoms with Crippen molar-refractivity contribution in [3.8, 4) is 11.5 Å². The summed E-state index contributed by atoms with van der Waals surface area (Å²) in [5, 5.41) is 0. The Morgan fingerprint density at radius 3 is 1.95 bits per heavy atom. The van der Waals surface area contributed by atoms with Gasteiger partial charge in [0, 0.05) is 0 Å². The standard InChI is InChI=1S/C19H25NO2/c1-19(2,3)15-7-11-17(12-8-15)22-13-18(20)14-5-9-16(21-4)10-6-14/h5-12,18H,13,20H2,1-4H3. The van der Waals surface area contributed by atoms with Crippen molar-refractivity contribution in [2.24, 2.45) is 5.73 Å². The van der Waals surface area contributed by atoms with Gasteiger partial charge in [-0.05, 0) is 40.8 Å². The summed E-state index contributed by atoms with van der Waals surface area (Å²) in [6.07, 6.45) is 0. The summed E-state index contributed by atoms with van der Waals surface area (Å²) in [6, 6.07) is 15.8. The second-order valence-electron chi connectivity index (χ2n) is 6.47. The van der Waals surface area contributed by atoms with Gasteiger partial charge < -0.3 is 15.2 Å². The summed E-state index contributed by atoms with van der Waals surface area (Å²) >= 11 is 0. The summed E-state index contributed by atoms with van der Waals surface area (Å²) in [5.41, 5.74) is 8.64. The normalized spacial score (nSPS) is 12.8. The van der Waals surface area contributed by atoms with E-state index in [-0.39, 0.29) is 11.5 Å². The van der Waals surface area contributed by atoms with E-state index in [1.807, 2.05) is 36.4 Å². The van der Waals surface area contributed by atoms with Gasteiger partial charge in [0.25, 0.3) is 0 Å². The molecule has 1 atom stereocenters. The van der Waals surface area contributed by atoms with Crippen LogP contribution in [-0.4, -0.2) is 13.7 Å². The maximum absolute atomic E-state index is 6.17. The number of methoxy groups -OCH3 is 1. The summed E-state index contributed by atoms with van der Waals surface area (Å²) in [7, 11) is 1.65. The van der Waals surface area contributed by atoms with E-state index in [4.69, 9.17) is 15.2 Å². The zero-order valence-electron chi connectivity index (χ0n) is 13.8. The molecule has 0 saturated heterocycles. The van der Waals surface area contributed by atoms with Crippen LogP contribution in [0.25, 0.3) is 0 Å². The van der Waals surface area contributed by atoms with Crippen molar-refractivity contribution in [3.05, 3.63) is 59.7 Å². The second kappa shape index (κ2) is 6.84. The van der Waals surface area contributed by atoms with E-state index < -0.39 is 0 Å². The van der Waals surface area contributed by atoms with E-state index >= 15 is 0 Å². The highest BCUT2D eigenvalue weighted by Crippen LogP contribution is 2.25. The highest BCUT2D eigenvalue weighted by Gasteiger charge is 2.13. The third-order valence-electron chi connectivity index (χ3n) is 3.69. The van der Waals surface area contributed by atoms with Crippen LogP contribution in [0.5, 0.6) is 11.5 Å². The second-order valence-corrected chi connectivity index (χ2v) is 6.47. The van der Waals surface area contributed by atoms with Crippen LogP contribution in [0.3, 0.4) is 0 Å². The first-order valence-corrected chi connectivity index (χ1v) is 7.53. The Bertz CT molecular complexity index is 582. The third-order valence-corrected chi connectivity index (χ3v) is 3.69. The van der Waals surface area contributed by atoms with Crippen LogP contribution in [-0.2, 0) is 5.41 Å². The topological polar surface area (TPSA) is 44.5 Å². The van der Waals surface area contributed by atoms with Crippen molar-refractivity contribution in [1.29, 1.82) is 0 Å². The van der Waals surface area contributed by atoms with E-state index in [0.717, 1.165) is 17.1 Å². The summed E-state index contributed by atoms with van der Waals surface area (Å²) in [6.45, 7) is 7.04. The van der Waals surface area contributed by atoms with Crippen molar-refractivity contribution in [1.82, 2.24) is 0 Å². The smallest absolute Gasteiger partial charge is 0.119 e. The van der Waals surface area contributed by atoms with Crippen molar-refractivity contribution in [2.75, 3.05) is 13.7 Å². The number of benzene rings is 2. The van der Waals surface area contributed by atoms with Gasteiger partial charge in [0.15, 0.2) is 0 Å². The van der Waals surface area contributed by atoms with Gasteiger partial charge in [-0.1, -0.05) is 45.0 Å². The average Bonchev–Trinajstić information content (AvgIpc) is 2.52. The molecule has 0 saturated carbocycles. The molecule has 0 fully saturated rings. The van der Waals surface area contributed by atoms with Crippen LogP contribution >= 0.6 is 0 Å². The van der Waals surface area contributed by atoms with E-state index in [0.29, 0.717) is 6.61 Å². The van der Waals surface area contributed by atoms with Crippen molar-refractivity contribution < 1.29 is 9.47 Å². The van der Waals surface area contributed by atoms with Crippen molar-refractivity contribution >= 4 is 0 Å². The molecule has 0 radical (unpaired) electrons. The molecule has 0 aliphatic carbocycles. The Balaban J connectivity index is 1.94. The predicted molar refractivity (Wildman–Crippen MR) is 90.6 cm³/mol. The maximum Gasteiger partial charge on any atom is 0.119 e. The van der Waals surface area contributed by atoms with Crippen LogP contribution in [0.2, 0.25) is 0 Å². The number of rotatable bonds is 5. The van der Waals surface area contributed by atoms with Gasteiger partial charge in [0.05, 0.1) is 13.2 Å². The van der Waals surface area contributed by atoms with Crippen LogP contribution in [0, 0.1) is 0 Å². The summed E-state index contributed by atoms with van der Waals surface area (Å²) in [4.78, 5) is 0. The highest BCUT2D eigenvalue weighted by atomic mass is 16.5. The van der Waals surface area contributed by atoms with Gasteiger partial charge in [-0.3, -0.25) is 0 Å². The van der Waals surface area contributed by atoms with Gasteiger partial charge in [-0.2, -0.15) is 0 Å². The summed E-state index contributed by atoms with van der Waals surface area (Å²) < 4.78 is 10.9. The fourth-order valence-electron chi connectivity index (χ4n) is 2.18. The van der Waals surface area contributed by atoms with Crippen LogP contribution in [0.1, 0.15) is 37.9 Å². The molecule has 0 bridgehead atoms. The molecule has 2 aromatic rings. The Morgan fingerprint density at radius 1 is 0.909 bits per heavy atom. The lowest BCUT2D eigenvalue weighted by molar-refractivity contribution is 0.290. The highest BCUT2D eigenvalue weighted by molar-refractivity contribution is 5.32. The fraction of sp³-hybridized carbons (Fsp3) is 0.368. The zero-order chi connectivity index (χ0) is 16.2. The lowest BCUT2D eigenvalue weighted by atomic mass is 9.87. The minimum atomic E-state index is -0.159. The molecule has 0 aliphatic heterocycles. The van der Waals surface area contributed by atoms with Gasteiger partial charge in [-0.25, -0.2) is 0 Å². The lowest BCUT2D eigenvalue weighted by Crippen LogP contribution is -2.19. The molecule has 2 rings (SSSR count). The first-order valence-electron chi connectivity index (χ1n) is 7.53. The minimum Gasteiger partial charge on any atom is -0.497 e. The molecule has 0 amide bonds. The van der Waals surface area contributed by atoms with E-state index in [9.17, 15) is 0 Å². The molecule has 0 aromatic heterocycles. The van der Waals surface area contributed by atoms with Gasteiger partial charge in [-0.15, -0.1) is 0 Å². The molecule has 3 heteroatoms. The molecule has 1 unspecified atom stereocenters. The Hall–Kier alpha value is -2.00. The van der Waals surface area contributed by atoms with E-state index in [1.54, 1.807) is 7.11 Å². The van der Waals surface area contributed by atoms with Gasteiger partial charge >= 0.3 is 0 Å². The predicted octanol–water partition coefficient (Wildman–Crippen LogP) is 4.07. The lowest BCUT2D eigenvalue weighted by Gasteiger charge is -2.19. The van der Waals surface area contributed by atoms with Gasteiger partial charge in [0.1, 0.15) is 18.1 Å². The van der Waals surface area contributed by atoms with E-state index in [2.05, 4.69) is 32.9 Å². The molecule has 0 spiro atoms. The van der Waals surface area contributed by atoms with E-state index in [1.165, 1.54) is 5.56 Å². The molecule has 0 heterocycles. The van der Waals surface area contributed by atoms with Crippen molar-refractivity contribution in [2.45, 2.75) is 32.2 Å². The fourth-order valence-corrected chi connectivity index (χ4v) is 2.18. The minimum absolute atomic E-state index is 0.151. The SMILES string of the molecule is COc1ccc(C(N)COc2ccc(C(C)(C)C)cc2)cc1. The number of hydrogen-bond acceptors (Lipinski definition) is 3. The molecular weight excluding hydrogens is 274 g/mol. The Labute approximate surface area is 133 Å². The van der Waals surface area contributed by atoms with Crippen LogP contribution in [0.15, 0.2) is 48.5 Å². The third kappa shape index (κ3) is 4.25. The molecule has 22 heavy (non-hydrogen) atoms. The van der Waals surface area contributed by atoms with Crippen LogP contribution < -0.4 is 15.2 Å². The number of nitrogens with two attached hydrogens (primary N) is 1. The molecule has 2 aromatic carbocycles. The first kappa shape index (κ1) is 16.4. The quantitative estimate of drug-likeness (QED) is 0.905. The molecular formula is C19H25NO2. The molecule has 118 valence electrons. The summed E-state index contributed by atoms with van der Waals surface area (Å²) in [5.74, 6) is 1.67. The maximum atomic E-state index is 6.17. The zero-order valence-corrected chi connectivity index (χ0v) is 13.8.